The molecule has 1 aromatic rings. The van der Waals surface area contributed by atoms with Crippen molar-refractivity contribution in [3.63, 3.8) is 0 Å². The van der Waals surface area contributed by atoms with E-state index in [1.165, 1.54) is 32.1 Å². The maximum Gasteiger partial charge on any atom is 0.221 e. The molecule has 1 amide bonds. The molecular formula is C16H24N2O. The topological polar surface area (TPSA) is 41.1 Å². The van der Waals surface area contributed by atoms with Crippen LogP contribution in [0.3, 0.4) is 0 Å². The van der Waals surface area contributed by atoms with E-state index in [9.17, 15) is 4.79 Å². The Labute approximate surface area is 115 Å². The summed E-state index contributed by atoms with van der Waals surface area (Å²) in [6.07, 6.45) is 6.48. The average molecular weight is 260 g/mol. The van der Waals surface area contributed by atoms with E-state index < -0.39 is 0 Å². The van der Waals surface area contributed by atoms with Crippen LogP contribution >= 0.6 is 0 Å². The van der Waals surface area contributed by atoms with E-state index in [0.29, 0.717) is 0 Å². The predicted octanol–water partition coefficient (Wildman–Crippen LogP) is 3.46. The van der Waals surface area contributed by atoms with Crippen molar-refractivity contribution in [3.8, 4) is 0 Å². The molecule has 0 atom stereocenters. The Morgan fingerprint density at radius 2 is 1.89 bits per heavy atom. The molecule has 104 valence electrons. The van der Waals surface area contributed by atoms with Crippen molar-refractivity contribution in [1.82, 2.24) is 5.32 Å². The molecule has 0 unspecified atom stereocenters. The standard InChI is InChI=1S/C16H24N2O/c1-13(19)18-15-9-5-4-8-14(15)12-17-16(2)10-6-3-7-11-16/h4-5,8-9,17H,3,6-7,10-12H2,1-2H3,(H,18,19). The van der Waals surface area contributed by atoms with Crippen LogP contribution in [0.1, 0.15) is 51.5 Å². The zero-order valence-corrected chi connectivity index (χ0v) is 12.0. The fourth-order valence-electron chi connectivity index (χ4n) is 2.80. The lowest BCUT2D eigenvalue weighted by atomic mass is 9.83. The second-order valence-corrected chi connectivity index (χ2v) is 5.81. The first-order chi connectivity index (χ1) is 9.09. The highest BCUT2D eigenvalue weighted by Crippen LogP contribution is 2.28. The number of nitrogens with one attached hydrogen (secondary N) is 2. The van der Waals surface area contributed by atoms with Crippen LogP contribution in [0.2, 0.25) is 0 Å². The van der Waals surface area contributed by atoms with E-state index in [1.54, 1.807) is 6.92 Å². The molecular weight excluding hydrogens is 236 g/mol. The molecule has 0 spiro atoms. The monoisotopic (exact) mass is 260 g/mol. The normalized spacial score (nSPS) is 18.0. The van der Waals surface area contributed by atoms with Gasteiger partial charge in [-0.3, -0.25) is 4.79 Å². The maximum atomic E-state index is 11.2. The minimum absolute atomic E-state index is 0.0173. The Hall–Kier alpha value is -1.35. The van der Waals surface area contributed by atoms with Gasteiger partial charge in [-0.2, -0.15) is 0 Å². The van der Waals surface area contributed by atoms with Gasteiger partial charge in [-0.05, 0) is 31.4 Å². The number of benzene rings is 1. The Morgan fingerprint density at radius 3 is 2.58 bits per heavy atom. The highest BCUT2D eigenvalue weighted by molar-refractivity contribution is 5.89. The zero-order valence-electron chi connectivity index (χ0n) is 12.0. The number of para-hydroxylation sites is 1. The molecule has 19 heavy (non-hydrogen) atoms. The van der Waals surface area contributed by atoms with Crippen molar-refractivity contribution in [2.45, 2.75) is 58.0 Å². The molecule has 1 aromatic carbocycles. The summed E-state index contributed by atoms with van der Waals surface area (Å²) in [6, 6.07) is 8.01. The SMILES string of the molecule is CC(=O)Nc1ccccc1CNC1(C)CCCCC1. The van der Waals surface area contributed by atoms with Crippen LogP contribution in [-0.2, 0) is 11.3 Å². The Bertz CT molecular complexity index is 436. The van der Waals surface area contributed by atoms with Gasteiger partial charge in [0, 0.05) is 24.7 Å². The molecule has 3 nitrogen and oxygen atoms in total. The molecule has 0 aromatic heterocycles. The first kappa shape index (κ1) is 14.1. The van der Waals surface area contributed by atoms with Crippen LogP contribution in [0.25, 0.3) is 0 Å². The first-order valence-electron chi connectivity index (χ1n) is 7.20. The summed E-state index contributed by atoms with van der Waals surface area (Å²) in [6.45, 7) is 4.67. The quantitative estimate of drug-likeness (QED) is 0.870. The van der Waals surface area contributed by atoms with Crippen LogP contribution in [0.15, 0.2) is 24.3 Å². The third-order valence-corrected chi connectivity index (χ3v) is 3.99. The summed E-state index contributed by atoms with van der Waals surface area (Å²) < 4.78 is 0. The third kappa shape index (κ3) is 4.06. The van der Waals surface area contributed by atoms with Gasteiger partial charge < -0.3 is 10.6 Å². The summed E-state index contributed by atoms with van der Waals surface area (Å²) in [7, 11) is 0. The number of carbonyl (C=O) groups excluding carboxylic acids is 1. The summed E-state index contributed by atoms with van der Waals surface area (Å²) in [4.78, 5) is 11.2. The molecule has 0 radical (unpaired) electrons. The molecule has 1 aliphatic carbocycles. The van der Waals surface area contributed by atoms with Gasteiger partial charge >= 0.3 is 0 Å². The Morgan fingerprint density at radius 1 is 1.21 bits per heavy atom. The van der Waals surface area contributed by atoms with Gasteiger partial charge in [0.05, 0.1) is 0 Å². The van der Waals surface area contributed by atoms with E-state index in [2.05, 4.69) is 23.6 Å². The Kier molecular flexibility index (Phi) is 4.59. The number of amides is 1. The fraction of sp³-hybridized carbons (Fsp3) is 0.562. The first-order valence-corrected chi connectivity index (χ1v) is 7.20. The molecule has 0 aliphatic heterocycles. The molecule has 3 heteroatoms. The van der Waals surface area contributed by atoms with Crippen molar-refractivity contribution < 1.29 is 4.79 Å². The molecule has 1 fully saturated rings. The largest absolute Gasteiger partial charge is 0.326 e. The highest BCUT2D eigenvalue weighted by Gasteiger charge is 2.25. The number of carbonyl (C=O) groups is 1. The van der Waals surface area contributed by atoms with Crippen LogP contribution in [0.4, 0.5) is 5.69 Å². The van der Waals surface area contributed by atoms with Crippen molar-refractivity contribution in [3.05, 3.63) is 29.8 Å². The molecule has 2 rings (SSSR count). The van der Waals surface area contributed by atoms with Crippen LogP contribution in [0, 0.1) is 0 Å². The third-order valence-electron chi connectivity index (χ3n) is 3.99. The smallest absolute Gasteiger partial charge is 0.221 e. The second-order valence-electron chi connectivity index (χ2n) is 5.81. The van der Waals surface area contributed by atoms with Gasteiger partial charge in [-0.25, -0.2) is 0 Å². The average Bonchev–Trinajstić information content (AvgIpc) is 2.38. The van der Waals surface area contributed by atoms with E-state index in [4.69, 9.17) is 0 Å². The van der Waals surface area contributed by atoms with Crippen LogP contribution < -0.4 is 10.6 Å². The minimum Gasteiger partial charge on any atom is -0.326 e. The van der Waals surface area contributed by atoms with Gasteiger partial charge in [0.25, 0.3) is 0 Å². The number of anilines is 1. The van der Waals surface area contributed by atoms with Crippen molar-refractivity contribution in [1.29, 1.82) is 0 Å². The summed E-state index contributed by atoms with van der Waals surface area (Å²) in [5.41, 5.74) is 2.33. The summed E-state index contributed by atoms with van der Waals surface area (Å²) in [5.74, 6) is -0.0173. The molecule has 0 saturated heterocycles. The van der Waals surface area contributed by atoms with Gasteiger partial charge in [0.15, 0.2) is 0 Å². The zero-order chi connectivity index (χ0) is 13.7. The molecule has 1 aliphatic rings. The number of rotatable bonds is 4. The van der Waals surface area contributed by atoms with Crippen molar-refractivity contribution in [2.75, 3.05) is 5.32 Å². The second kappa shape index (κ2) is 6.20. The number of hydrogen-bond acceptors (Lipinski definition) is 2. The van der Waals surface area contributed by atoms with E-state index in [1.807, 2.05) is 18.2 Å². The number of hydrogen-bond donors (Lipinski definition) is 2. The van der Waals surface area contributed by atoms with Gasteiger partial charge in [-0.1, -0.05) is 37.5 Å². The minimum atomic E-state index is -0.0173. The predicted molar refractivity (Wildman–Crippen MR) is 79.1 cm³/mol. The van der Waals surface area contributed by atoms with Gasteiger partial charge in [-0.15, -0.1) is 0 Å². The molecule has 2 N–H and O–H groups in total. The van der Waals surface area contributed by atoms with Crippen molar-refractivity contribution in [2.24, 2.45) is 0 Å². The van der Waals surface area contributed by atoms with Gasteiger partial charge in [0.1, 0.15) is 0 Å². The maximum absolute atomic E-state index is 11.2. The van der Waals surface area contributed by atoms with Crippen LogP contribution in [0.5, 0.6) is 0 Å². The summed E-state index contributed by atoms with van der Waals surface area (Å²) >= 11 is 0. The van der Waals surface area contributed by atoms with E-state index in [-0.39, 0.29) is 11.4 Å². The molecule has 1 saturated carbocycles. The lowest BCUT2D eigenvalue weighted by Gasteiger charge is -2.35. The lowest BCUT2D eigenvalue weighted by Crippen LogP contribution is -2.43. The van der Waals surface area contributed by atoms with E-state index >= 15 is 0 Å². The Balaban J connectivity index is 2.00. The van der Waals surface area contributed by atoms with Crippen molar-refractivity contribution >= 4 is 11.6 Å². The van der Waals surface area contributed by atoms with E-state index in [0.717, 1.165) is 17.8 Å². The summed E-state index contributed by atoms with van der Waals surface area (Å²) in [5, 5.41) is 6.57. The highest BCUT2D eigenvalue weighted by atomic mass is 16.1. The lowest BCUT2D eigenvalue weighted by molar-refractivity contribution is -0.114. The fourth-order valence-corrected chi connectivity index (χ4v) is 2.80. The van der Waals surface area contributed by atoms with Gasteiger partial charge in [0.2, 0.25) is 5.91 Å². The molecule has 0 heterocycles. The molecule has 0 bridgehead atoms. The van der Waals surface area contributed by atoms with Crippen LogP contribution in [-0.4, -0.2) is 11.4 Å².